The number of rotatable bonds is 5. The van der Waals surface area contributed by atoms with Gasteiger partial charge in [-0.15, -0.1) is 23.7 Å². The van der Waals surface area contributed by atoms with Gasteiger partial charge in [-0.05, 0) is 31.0 Å². The van der Waals surface area contributed by atoms with Crippen LogP contribution in [-0.4, -0.2) is 39.6 Å². The van der Waals surface area contributed by atoms with Crippen LogP contribution in [0, 0.1) is 0 Å². The number of anilines is 1. The van der Waals surface area contributed by atoms with Crippen LogP contribution in [0.5, 0.6) is 0 Å². The zero-order valence-electron chi connectivity index (χ0n) is 14.2. The van der Waals surface area contributed by atoms with E-state index in [0.29, 0.717) is 16.3 Å². The van der Waals surface area contributed by atoms with E-state index in [0.717, 1.165) is 42.9 Å². The van der Waals surface area contributed by atoms with Crippen molar-refractivity contribution in [1.82, 2.24) is 14.7 Å². The van der Waals surface area contributed by atoms with Gasteiger partial charge in [0, 0.05) is 31.2 Å². The second-order valence-electron chi connectivity index (χ2n) is 5.93. The first-order chi connectivity index (χ1) is 11.5. The molecule has 0 atom stereocenters. The van der Waals surface area contributed by atoms with Crippen molar-refractivity contribution < 1.29 is 9.59 Å². The summed E-state index contributed by atoms with van der Waals surface area (Å²) in [5.41, 5.74) is 7.33. The predicted octanol–water partition coefficient (Wildman–Crippen LogP) is 2.02. The Morgan fingerprint density at radius 3 is 2.80 bits per heavy atom. The number of primary amides is 1. The summed E-state index contributed by atoms with van der Waals surface area (Å²) in [6.45, 7) is 4.88. The number of nitrogens with one attached hydrogen (secondary N) is 1. The van der Waals surface area contributed by atoms with Crippen molar-refractivity contribution in [2.24, 2.45) is 12.8 Å². The lowest BCUT2D eigenvalue weighted by Gasteiger charge is -2.26. The van der Waals surface area contributed by atoms with Crippen molar-refractivity contribution >= 4 is 40.6 Å². The van der Waals surface area contributed by atoms with Crippen LogP contribution in [-0.2, 0) is 20.0 Å². The molecule has 2 aromatic rings. The van der Waals surface area contributed by atoms with Gasteiger partial charge in [0.1, 0.15) is 5.00 Å². The summed E-state index contributed by atoms with van der Waals surface area (Å²) in [4.78, 5) is 27.7. The van der Waals surface area contributed by atoms with Gasteiger partial charge in [-0.3, -0.25) is 19.2 Å². The van der Waals surface area contributed by atoms with Gasteiger partial charge < -0.3 is 11.1 Å². The Kier molecular flexibility index (Phi) is 6.21. The number of fused-ring (bicyclic) bond motifs is 1. The van der Waals surface area contributed by atoms with Crippen LogP contribution in [0.1, 0.15) is 44.6 Å². The van der Waals surface area contributed by atoms with E-state index in [9.17, 15) is 9.59 Å². The number of halogens is 1. The largest absolute Gasteiger partial charge is 0.365 e. The van der Waals surface area contributed by atoms with Crippen LogP contribution in [0.15, 0.2) is 12.3 Å². The molecule has 1 aliphatic heterocycles. The number of nitrogens with two attached hydrogens (primary N) is 1. The molecule has 1 aliphatic rings. The minimum atomic E-state index is -0.493. The molecule has 7 nitrogen and oxygen atoms in total. The molecule has 0 fully saturated rings. The molecule has 0 aromatic carbocycles. The number of aromatic nitrogens is 2. The Hall–Kier alpha value is -1.90. The molecule has 2 amide bonds. The van der Waals surface area contributed by atoms with E-state index in [2.05, 4.69) is 22.2 Å². The van der Waals surface area contributed by atoms with Gasteiger partial charge in [-0.25, -0.2) is 0 Å². The number of hydrogen-bond donors (Lipinski definition) is 2. The van der Waals surface area contributed by atoms with Crippen LogP contribution in [0.3, 0.4) is 0 Å². The van der Waals surface area contributed by atoms with Crippen molar-refractivity contribution in [3.05, 3.63) is 34.0 Å². The van der Waals surface area contributed by atoms with Gasteiger partial charge in [0.05, 0.1) is 5.56 Å². The zero-order chi connectivity index (χ0) is 17.3. The molecule has 0 saturated heterocycles. The molecule has 0 saturated carbocycles. The first-order valence-corrected chi connectivity index (χ1v) is 8.79. The lowest BCUT2D eigenvalue weighted by atomic mass is 10.0. The van der Waals surface area contributed by atoms with Crippen molar-refractivity contribution in [3.8, 4) is 0 Å². The Morgan fingerprint density at radius 2 is 2.20 bits per heavy atom. The van der Waals surface area contributed by atoms with Crippen LogP contribution in [0.4, 0.5) is 5.00 Å². The fourth-order valence-corrected chi connectivity index (χ4v) is 4.31. The number of thiophene rings is 1. The second-order valence-corrected chi connectivity index (χ2v) is 7.03. The van der Waals surface area contributed by atoms with E-state index in [1.165, 1.54) is 11.3 Å². The summed E-state index contributed by atoms with van der Waals surface area (Å²) >= 11 is 1.44. The number of hydrogen-bond acceptors (Lipinski definition) is 5. The highest BCUT2D eigenvalue weighted by atomic mass is 35.5. The maximum Gasteiger partial charge on any atom is 0.276 e. The lowest BCUT2D eigenvalue weighted by molar-refractivity contribution is 0.1000. The van der Waals surface area contributed by atoms with Gasteiger partial charge in [0.2, 0.25) is 0 Å². The average Bonchev–Trinajstić information content (AvgIpc) is 3.10. The summed E-state index contributed by atoms with van der Waals surface area (Å²) in [7, 11) is 1.75. The van der Waals surface area contributed by atoms with Gasteiger partial charge in [0.25, 0.3) is 11.8 Å². The van der Waals surface area contributed by atoms with E-state index in [-0.39, 0.29) is 18.3 Å². The van der Waals surface area contributed by atoms with Gasteiger partial charge in [-0.1, -0.05) is 6.92 Å². The SMILES string of the molecule is CCCN1CCc2c(sc(NC(=O)c3ccn(C)n3)c2C(N)=O)C1.Cl. The summed E-state index contributed by atoms with van der Waals surface area (Å²) in [6.07, 6.45) is 3.57. The zero-order valence-corrected chi connectivity index (χ0v) is 15.9. The summed E-state index contributed by atoms with van der Waals surface area (Å²) < 4.78 is 1.56. The number of aryl methyl sites for hydroxylation is 1. The standard InChI is InChI=1S/C16H21N5O2S.ClH/c1-3-6-21-8-4-10-12(9-21)24-16(13(10)14(17)22)18-15(23)11-5-7-20(2)19-11;/h5,7H,3-4,6,8-9H2,1-2H3,(H2,17,22)(H,18,23);1H. The van der Waals surface area contributed by atoms with Crippen LogP contribution >= 0.6 is 23.7 Å². The number of carbonyl (C=O) groups is 2. The number of carbonyl (C=O) groups excluding carboxylic acids is 2. The molecule has 3 heterocycles. The summed E-state index contributed by atoms with van der Waals surface area (Å²) in [5.74, 6) is -0.824. The van der Waals surface area contributed by atoms with Crippen molar-refractivity contribution in [3.63, 3.8) is 0 Å². The van der Waals surface area contributed by atoms with Gasteiger partial charge in [0.15, 0.2) is 5.69 Å². The summed E-state index contributed by atoms with van der Waals surface area (Å²) in [5, 5.41) is 7.42. The number of amides is 2. The average molecular weight is 384 g/mol. The van der Waals surface area contributed by atoms with E-state index in [1.54, 1.807) is 24.0 Å². The molecular weight excluding hydrogens is 362 g/mol. The molecule has 0 spiro atoms. The van der Waals surface area contributed by atoms with Crippen molar-refractivity contribution in [2.75, 3.05) is 18.4 Å². The quantitative estimate of drug-likeness (QED) is 0.826. The lowest BCUT2D eigenvalue weighted by Crippen LogP contribution is -2.31. The molecule has 2 aromatic heterocycles. The van der Waals surface area contributed by atoms with Crippen LogP contribution in [0.2, 0.25) is 0 Å². The van der Waals surface area contributed by atoms with E-state index in [4.69, 9.17) is 5.73 Å². The molecule has 3 N–H and O–H groups in total. The minimum absolute atomic E-state index is 0. The molecule has 9 heteroatoms. The molecule has 0 aliphatic carbocycles. The van der Waals surface area contributed by atoms with Gasteiger partial charge in [-0.2, -0.15) is 5.10 Å². The Labute approximate surface area is 156 Å². The minimum Gasteiger partial charge on any atom is -0.365 e. The van der Waals surface area contributed by atoms with Crippen molar-refractivity contribution in [1.29, 1.82) is 0 Å². The third kappa shape index (κ3) is 4.02. The van der Waals surface area contributed by atoms with Gasteiger partial charge >= 0.3 is 0 Å². The fourth-order valence-electron chi connectivity index (χ4n) is 3.02. The van der Waals surface area contributed by atoms with E-state index >= 15 is 0 Å². The monoisotopic (exact) mass is 383 g/mol. The topological polar surface area (TPSA) is 93.2 Å². The second kappa shape index (κ2) is 7.99. The van der Waals surface area contributed by atoms with E-state index in [1.807, 2.05) is 0 Å². The molecule has 0 unspecified atom stereocenters. The number of nitrogens with zero attached hydrogens (tertiary/aromatic N) is 3. The van der Waals surface area contributed by atoms with E-state index < -0.39 is 5.91 Å². The Morgan fingerprint density at radius 1 is 1.44 bits per heavy atom. The molecule has 136 valence electrons. The molecule has 25 heavy (non-hydrogen) atoms. The molecule has 0 radical (unpaired) electrons. The maximum absolute atomic E-state index is 12.3. The molecule has 0 bridgehead atoms. The maximum atomic E-state index is 12.3. The first kappa shape index (κ1) is 19.4. The highest BCUT2D eigenvalue weighted by molar-refractivity contribution is 7.17. The Balaban J connectivity index is 0.00000225. The molecular formula is C16H22ClN5O2S. The molecule has 3 rings (SSSR count). The summed E-state index contributed by atoms with van der Waals surface area (Å²) in [6, 6.07) is 1.63. The third-order valence-corrected chi connectivity index (χ3v) is 5.23. The Bertz CT molecular complexity index is 786. The van der Waals surface area contributed by atoms with Crippen LogP contribution < -0.4 is 11.1 Å². The fraction of sp³-hybridized carbons (Fsp3) is 0.438. The van der Waals surface area contributed by atoms with Crippen molar-refractivity contribution in [2.45, 2.75) is 26.3 Å². The van der Waals surface area contributed by atoms with Crippen LogP contribution in [0.25, 0.3) is 0 Å². The predicted molar refractivity (Wildman–Crippen MR) is 101 cm³/mol. The highest BCUT2D eigenvalue weighted by Gasteiger charge is 2.27. The third-order valence-electron chi connectivity index (χ3n) is 4.10. The highest BCUT2D eigenvalue weighted by Crippen LogP contribution is 2.37. The smallest absolute Gasteiger partial charge is 0.276 e. The first-order valence-electron chi connectivity index (χ1n) is 7.97. The normalized spacial score (nSPS) is 13.8.